The van der Waals surface area contributed by atoms with Crippen LogP contribution < -0.4 is 0 Å². The van der Waals surface area contributed by atoms with E-state index in [1.54, 1.807) is 0 Å². The minimum atomic E-state index is -4.64. The number of hydrogen-bond donors (Lipinski definition) is 3. The Balaban J connectivity index is 0. The predicted molar refractivity (Wildman–Crippen MR) is 52.0 cm³/mol. The molecule has 8 heteroatoms. The standard InChI is InChI=1S/C5H10N2.Na.H3O4P.H/c1-2-7-4-3-6-5-7;;1-5(2,3)4;/h5H,2-4H2,1H3;;(H3,1,2,3,4);. The molecule has 1 aliphatic rings. The van der Waals surface area contributed by atoms with Gasteiger partial charge in [-0.2, -0.15) is 0 Å². The summed E-state index contributed by atoms with van der Waals surface area (Å²) in [6.07, 6.45) is 1.92. The van der Waals surface area contributed by atoms with E-state index >= 15 is 0 Å². The van der Waals surface area contributed by atoms with Gasteiger partial charge < -0.3 is 19.6 Å². The van der Waals surface area contributed by atoms with Crippen molar-refractivity contribution in [2.45, 2.75) is 6.92 Å². The van der Waals surface area contributed by atoms with Gasteiger partial charge in [0, 0.05) is 13.1 Å². The summed E-state index contributed by atoms with van der Waals surface area (Å²) < 4.78 is 8.88. The van der Waals surface area contributed by atoms with Gasteiger partial charge in [-0.05, 0) is 6.92 Å². The van der Waals surface area contributed by atoms with Gasteiger partial charge in [-0.1, -0.05) is 0 Å². The van der Waals surface area contributed by atoms with Crippen LogP contribution in [0.2, 0.25) is 0 Å². The number of likely N-dealkylation sites (N-methyl/N-ethyl adjacent to an activating group) is 1. The molecule has 3 N–H and O–H groups in total. The van der Waals surface area contributed by atoms with Crippen LogP contribution in [0.5, 0.6) is 0 Å². The maximum absolute atomic E-state index is 8.88. The summed E-state index contributed by atoms with van der Waals surface area (Å²) in [6.45, 7) is 5.35. The van der Waals surface area contributed by atoms with Gasteiger partial charge in [-0.25, -0.2) is 4.57 Å². The van der Waals surface area contributed by atoms with E-state index in [9.17, 15) is 0 Å². The van der Waals surface area contributed by atoms with E-state index in [0.717, 1.165) is 19.6 Å². The average Bonchev–Trinajstić information content (AvgIpc) is 2.33. The van der Waals surface area contributed by atoms with Crippen molar-refractivity contribution in [1.82, 2.24) is 4.90 Å². The number of rotatable bonds is 1. The van der Waals surface area contributed by atoms with Gasteiger partial charge >= 0.3 is 37.4 Å². The Kier molecular flexibility index (Phi) is 9.78. The molecule has 6 nitrogen and oxygen atoms in total. The van der Waals surface area contributed by atoms with Crippen LogP contribution in [0.25, 0.3) is 0 Å². The molecule has 0 bridgehead atoms. The van der Waals surface area contributed by atoms with E-state index < -0.39 is 7.82 Å². The fourth-order valence-electron chi connectivity index (χ4n) is 0.657. The summed E-state index contributed by atoms with van der Waals surface area (Å²) >= 11 is 0. The summed E-state index contributed by atoms with van der Waals surface area (Å²) in [5.41, 5.74) is 0. The van der Waals surface area contributed by atoms with Crippen LogP contribution in [0, 0.1) is 0 Å². The van der Waals surface area contributed by atoms with Gasteiger partial charge in [0.2, 0.25) is 0 Å². The van der Waals surface area contributed by atoms with Crippen molar-refractivity contribution in [3.8, 4) is 0 Å². The molecule has 0 amide bonds. The van der Waals surface area contributed by atoms with Gasteiger partial charge in [0.1, 0.15) is 0 Å². The van der Waals surface area contributed by atoms with Crippen LogP contribution in [-0.4, -0.2) is 75.1 Å². The molecule has 0 saturated carbocycles. The van der Waals surface area contributed by atoms with Crippen LogP contribution in [0.3, 0.4) is 0 Å². The zero-order chi connectivity index (χ0) is 9.61. The molecule has 0 aliphatic carbocycles. The van der Waals surface area contributed by atoms with E-state index in [0.29, 0.717) is 0 Å². The van der Waals surface area contributed by atoms with E-state index in [-0.39, 0.29) is 29.6 Å². The van der Waals surface area contributed by atoms with Gasteiger partial charge in [-0.15, -0.1) is 0 Å². The van der Waals surface area contributed by atoms with Crippen molar-refractivity contribution in [1.29, 1.82) is 0 Å². The van der Waals surface area contributed by atoms with Gasteiger partial charge in [0.05, 0.1) is 12.9 Å². The molecule has 0 saturated heterocycles. The van der Waals surface area contributed by atoms with Gasteiger partial charge in [-0.3, -0.25) is 4.99 Å². The SMILES string of the molecule is CCN1C=NCC1.O=P(O)(O)O.[NaH]. The fourth-order valence-corrected chi connectivity index (χ4v) is 0.657. The molecule has 1 aliphatic heterocycles. The molecule has 0 aromatic carbocycles. The minimum absolute atomic E-state index is 0. The molecule has 0 radical (unpaired) electrons. The zero-order valence-corrected chi connectivity index (χ0v) is 7.68. The molecule has 0 atom stereocenters. The third-order valence-electron chi connectivity index (χ3n) is 1.17. The fraction of sp³-hybridized carbons (Fsp3) is 0.800. The Bertz CT molecular complexity index is 187. The molecule has 0 fully saturated rings. The molecule has 0 unspecified atom stereocenters. The second-order valence-electron chi connectivity index (χ2n) is 2.16. The third-order valence-corrected chi connectivity index (χ3v) is 1.17. The second kappa shape index (κ2) is 7.94. The van der Waals surface area contributed by atoms with Crippen molar-refractivity contribution in [2.24, 2.45) is 4.99 Å². The summed E-state index contributed by atoms with van der Waals surface area (Å²) in [7, 11) is -4.64. The molecule has 74 valence electrons. The first kappa shape index (κ1) is 16.0. The monoisotopic (exact) mass is 220 g/mol. The normalized spacial score (nSPS) is 14.6. The van der Waals surface area contributed by atoms with Crippen molar-refractivity contribution in [3.05, 3.63) is 0 Å². The van der Waals surface area contributed by atoms with Crippen LogP contribution >= 0.6 is 7.82 Å². The number of phosphoric acid groups is 1. The van der Waals surface area contributed by atoms with Crippen LogP contribution in [0.4, 0.5) is 0 Å². The maximum atomic E-state index is 8.88. The molecular formula is C5H14N2NaO4P. The van der Waals surface area contributed by atoms with Crippen molar-refractivity contribution in [2.75, 3.05) is 19.6 Å². The van der Waals surface area contributed by atoms with E-state index in [1.165, 1.54) is 0 Å². The Morgan fingerprint density at radius 2 is 2.00 bits per heavy atom. The Morgan fingerprint density at radius 3 is 2.15 bits per heavy atom. The topological polar surface area (TPSA) is 93.4 Å². The molecule has 0 aromatic rings. The first-order valence-corrected chi connectivity index (χ1v) is 5.02. The number of aliphatic imine (C=N–C) groups is 1. The second-order valence-corrected chi connectivity index (χ2v) is 3.19. The van der Waals surface area contributed by atoms with Gasteiger partial charge in [0.25, 0.3) is 0 Å². The Morgan fingerprint density at radius 1 is 1.54 bits per heavy atom. The summed E-state index contributed by atoms with van der Waals surface area (Å²) in [5, 5.41) is 0. The van der Waals surface area contributed by atoms with Crippen molar-refractivity contribution >= 4 is 43.7 Å². The summed E-state index contributed by atoms with van der Waals surface area (Å²) in [5.74, 6) is 0. The molecule has 1 heterocycles. The number of nitrogens with zero attached hydrogens (tertiary/aromatic N) is 2. The molecule has 13 heavy (non-hydrogen) atoms. The van der Waals surface area contributed by atoms with Crippen LogP contribution in [-0.2, 0) is 4.57 Å². The third kappa shape index (κ3) is 15.3. The van der Waals surface area contributed by atoms with Gasteiger partial charge in [0.15, 0.2) is 0 Å². The molecule has 0 spiro atoms. The average molecular weight is 220 g/mol. The van der Waals surface area contributed by atoms with E-state index in [1.807, 2.05) is 6.34 Å². The Hall–Kier alpha value is 0.580. The first-order chi connectivity index (χ1) is 5.43. The summed E-state index contributed by atoms with van der Waals surface area (Å²) in [6, 6.07) is 0. The Labute approximate surface area is 99.2 Å². The quantitative estimate of drug-likeness (QED) is 0.380. The molecular weight excluding hydrogens is 206 g/mol. The van der Waals surface area contributed by atoms with E-state index in [4.69, 9.17) is 19.2 Å². The number of hydrogen-bond acceptors (Lipinski definition) is 3. The van der Waals surface area contributed by atoms with Crippen LogP contribution in [0.1, 0.15) is 6.92 Å². The molecule has 0 aromatic heterocycles. The van der Waals surface area contributed by atoms with Crippen LogP contribution in [0.15, 0.2) is 4.99 Å². The predicted octanol–water partition coefficient (Wildman–Crippen LogP) is -1.23. The van der Waals surface area contributed by atoms with Crippen molar-refractivity contribution < 1.29 is 19.2 Å². The molecule has 1 rings (SSSR count). The van der Waals surface area contributed by atoms with Crippen molar-refractivity contribution in [3.63, 3.8) is 0 Å². The zero-order valence-electron chi connectivity index (χ0n) is 6.79. The van der Waals surface area contributed by atoms with E-state index in [2.05, 4.69) is 16.8 Å². The summed E-state index contributed by atoms with van der Waals surface area (Å²) in [4.78, 5) is 27.8. The first-order valence-electron chi connectivity index (χ1n) is 3.45.